The Kier molecular flexibility index (Phi) is 22.6. The molecule has 0 saturated carbocycles. The summed E-state index contributed by atoms with van der Waals surface area (Å²) in [6.07, 6.45) is 1.10. The minimum Gasteiger partial charge on any atom is -0.444 e. The van der Waals surface area contributed by atoms with E-state index in [9.17, 15) is 4.79 Å². The lowest BCUT2D eigenvalue weighted by atomic mass is 10.2. The monoisotopic (exact) mass is 688 g/mol. The summed E-state index contributed by atoms with van der Waals surface area (Å²) in [4.78, 5) is 15.3. The van der Waals surface area contributed by atoms with Crippen molar-refractivity contribution in [2.45, 2.75) is 39.2 Å². The van der Waals surface area contributed by atoms with E-state index in [0.717, 1.165) is 28.9 Å². The number of hydrogen-bond donors (Lipinski definition) is 3. The molecule has 0 heterocycles. The molecular formula is C35H40N6O5S2. The van der Waals surface area contributed by atoms with Gasteiger partial charge in [-0.25, -0.2) is 4.79 Å². The molecule has 1 amide bonds. The van der Waals surface area contributed by atoms with Crippen LogP contribution in [0.3, 0.4) is 0 Å². The molecule has 0 aromatic heterocycles. The average molecular weight is 689 g/mol. The summed E-state index contributed by atoms with van der Waals surface area (Å²) in [5.74, 6) is 10.1. The summed E-state index contributed by atoms with van der Waals surface area (Å²) in [6.45, 7) is 9.84. The number of isothiocyanates is 1. The van der Waals surface area contributed by atoms with Crippen molar-refractivity contribution < 1.29 is 23.7 Å². The third-order valence-corrected chi connectivity index (χ3v) is 5.68. The van der Waals surface area contributed by atoms with Gasteiger partial charge in [0, 0.05) is 55.0 Å². The number of nitriles is 2. The van der Waals surface area contributed by atoms with Crippen LogP contribution in [0.25, 0.3) is 0 Å². The van der Waals surface area contributed by atoms with E-state index in [-0.39, 0.29) is 0 Å². The Morgan fingerprint density at radius 1 is 0.771 bits per heavy atom. The van der Waals surface area contributed by atoms with Gasteiger partial charge in [-0.05, 0) is 107 Å². The predicted molar refractivity (Wildman–Crippen MR) is 193 cm³/mol. The van der Waals surface area contributed by atoms with Gasteiger partial charge in [-0.15, -0.1) is 0 Å². The predicted octanol–water partition coefficient (Wildman–Crippen LogP) is 5.50. The van der Waals surface area contributed by atoms with Gasteiger partial charge in [0.2, 0.25) is 0 Å². The second-order valence-electron chi connectivity index (χ2n) is 10.4. The number of nitrogens with zero attached hydrogens (tertiary/aromatic N) is 3. The molecule has 0 atom stereocenters. The highest BCUT2D eigenvalue weighted by atomic mass is 32.1. The summed E-state index contributed by atoms with van der Waals surface area (Å²) in [7, 11) is 0. The maximum absolute atomic E-state index is 11.5. The average Bonchev–Trinajstić information content (AvgIpc) is 3.05. The van der Waals surface area contributed by atoms with Crippen LogP contribution in [0.1, 0.15) is 44.7 Å². The van der Waals surface area contributed by atoms with E-state index in [4.69, 9.17) is 41.7 Å². The highest BCUT2D eigenvalue weighted by Crippen LogP contribution is 2.11. The molecule has 0 aliphatic rings. The molecule has 0 bridgehead atoms. The standard InChI is InChI=1S/C25H36N4O5S.C10H4N2S/c1-25(2,3)34-24(30)28-14-6-16-32-18-20-33-19-17-31-15-5-13-27-23(35)29-22-10-8-21(9-11-22)7-4-12-26;11-7-1-2-9-3-5-10(6-4-9)12-8-13/h8-11H,5-6,13-20H2,1-3H3,(H,28,30)(H2,27,29,35);3-6H. The maximum Gasteiger partial charge on any atom is 0.407 e. The van der Waals surface area contributed by atoms with Crippen LogP contribution >= 0.6 is 24.4 Å². The van der Waals surface area contributed by atoms with Gasteiger partial charge in [0.1, 0.15) is 5.60 Å². The van der Waals surface area contributed by atoms with Crippen LogP contribution < -0.4 is 16.0 Å². The largest absolute Gasteiger partial charge is 0.444 e. The van der Waals surface area contributed by atoms with E-state index in [1.165, 1.54) is 0 Å². The van der Waals surface area contributed by atoms with Crippen LogP contribution in [-0.4, -0.2) is 74.7 Å². The highest BCUT2D eigenvalue weighted by Gasteiger charge is 2.15. The molecule has 0 unspecified atom stereocenters. The summed E-state index contributed by atoms with van der Waals surface area (Å²) in [6, 6.07) is 18.0. The normalized spacial score (nSPS) is 9.60. The molecule has 2 rings (SSSR count). The zero-order chi connectivity index (χ0) is 35.3. The highest BCUT2D eigenvalue weighted by molar-refractivity contribution is 7.80. The Morgan fingerprint density at radius 2 is 1.25 bits per heavy atom. The Balaban J connectivity index is 0.000000735. The molecule has 0 saturated heterocycles. The number of rotatable bonds is 16. The van der Waals surface area contributed by atoms with E-state index < -0.39 is 11.7 Å². The van der Waals surface area contributed by atoms with Crippen molar-refractivity contribution in [3.63, 3.8) is 0 Å². The Labute approximate surface area is 294 Å². The number of thiocarbonyl (C=S) groups is 2. The van der Waals surface area contributed by atoms with Crippen molar-refractivity contribution in [1.29, 1.82) is 10.5 Å². The molecule has 11 nitrogen and oxygen atoms in total. The van der Waals surface area contributed by atoms with Crippen molar-refractivity contribution in [2.24, 2.45) is 4.99 Å². The van der Waals surface area contributed by atoms with E-state index in [0.29, 0.717) is 64.3 Å². The summed E-state index contributed by atoms with van der Waals surface area (Å²) in [5.41, 5.74) is 2.64. The van der Waals surface area contributed by atoms with Crippen molar-refractivity contribution in [3.8, 4) is 35.8 Å². The first-order chi connectivity index (χ1) is 23.2. The molecule has 3 N–H and O–H groups in total. The number of carbonyl (C=O) groups is 1. The topological polar surface area (TPSA) is 150 Å². The molecule has 48 heavy (non-hydrogen) atoms. The van der Waals surface area contributed by atoms with Crippen LogP contribution in [-0.2, 0) is 18.9 Å². The van der Waals surface area contributed by atoms with Crippen LogP contribution in [0.15, 0.2) is 53.5 Å². The third-order valence-electron chi connectivity index (χ3n) is 5.34. The molecule has 2 aromatic rings. The summed E-state index contributed by atoms with van der Waals surface area (Å²) >= 11 is 9.72. The zero-order valence-electron chi connectivity index (χ0n) is 27.4. The van der Waals surface area contributed by atoms with Gasteiger partial charge in [-0.3, -0.25) is 0 Å². The van der Waals surface area contributed by atoms with E-state index in [2.05, 4.69) is 62.0 Å². The number of alkyl carbamates (subject to hydrolysis) is 1. The molecule has 13 heteroatoms. The fraction of sp³-hybridized carbons (Fsp3) is 0.400. The lowest BCUT2D eigenvalue weighted by Crippen LogP contribution is -2.33. The molecule has 0 radical (unpaired) electrons. The summed E-state index contributed by atoms with van der Waals surface area (Å²) in [5, 5.41) is 28.4. The molecule has 0 fully saturated rings. The van der Waals surface area contributed by atoms with Crippen molar-refractivity contribution in [1.82, 2.24) is 10.6 Å². The lowest BCUT2D eigenvalue weighted by Gasteiger charge is -2.19. The van der Waals surface area contributed by atoms with Gasteiger partial charge < -0.3 is 34.9 Å². The minimum absolute atomic E-state index is 0.415. The molecular weight excluding hydrogens is 649 g/mol. The van der Waals surface area contributed by atoms with Crippen LogP contribution in [0, 0.1) is 46.3 Å². The van der Waals surface area contributed by atoms with Crippen molar-refractivity contribution in [3.05, 3.63) is 59.7 Å². The second kappa shape index (κ2) is 26.3. The van der Waals surface area contributed by atoms with Gasteiger partial charge in [-0.2, -0.15) is 15.5 Å². The minimum atomic E-state index is -0.491. The molecule has 2 aromatic carbocycles. The Bertz CT molecular complexity index is 1520. The van der Waals surface area contributed by atoms with Gasteiger partial charge in [0.25, 0.3) is 0 Å². The van der Waals surface area contributed by atoms with Gasteiger partial charge >= 0.3 is 6.09 Å². The number of nitrogens with one attached hydrogen (secondary N) is 3. The van der Waals surface area contributed by atoms with Gasteiger partial charge in [0.15, 0.2) is 17.3 Å². The van der Waals surface area contributed by atoms with Crippen molar-refractivity contribution >= 4 is 52.2 Å². The molecule has 0 aliphatic heterocycles. The number of benzene rings is 2. The molecule has 252 valence electrons. The first-order valence-electron chi connectivity index (χ1n) is 15.0. The first kappa shape index (κ1) is 41.2. The van der Waals surface area contributed by atoms with Crippen LogP contribution in [0.4, 0.5) is 16.2 Å². The van der Waals surface area contributed by atoms with E-state index in [1.807, 2.05) is 45.0 Å². The van der Waals surface area contributed by atoms with Crippen LogP contribution in [0.2, 0.25) is 0 Å². The first-order valence-corrected chi connectivity index (χ1v) is 15.8. The Hall–Kier alpha value is -4.82. The number of ether oxygens (including phenoxy) is 4. The quantitative estimate of drug-likeness (QED) is 0.0888. The van der Waals surface area contributed by atoms with Crippen LogP contribution in [0.5, 0.6) is 0 Å². The van der Waals surface area contributed by atoms with E-state index >= 15 is 0 Å². The third kappa shape index (κ3) is 23.5. The SMILES string of the molecule is CC(C)(C)OC(=O)NCCCOCCOCCOCCCNC(=S)Nc1ccc(C#CC#N)cc1.N#CC#Cc1ccc(N=C=S)cc1. The maximum atomic E-state index is 11.5. The number of carbonyl (C=O) groups excluding carboxylic acids is 1. The van der Waals surface area contributed by atoms with Crippen molar-refractivity contribution in [2.75, 3.05) is 58.0 Å². The molecule has 0 aliphatic carbocycles. The van der Waals surface area contributed by atoms with Gasteiger partial charge in [0.05, 0.1) is 37.3 Å². The number of amides is 1. The second-order valence-corrected chi connectivity index (χ2v) is 11.0. The summed E-state index contributed by atoms with van der Waals surface area (Å²) < 4.78 is 21.6. The fourth-order valence-corrected chi connectivity index (χ4v) is 3.61. The van der Waals surface area contributed by atoms with Gasteiger partial charge in [-0.1, -0.05) is 11.8 Å². The smallest absolute Gasteiger partial charge is 0.407 e. The lowest BCUT2D eigenvalue weighted by molar-refractivity contribution is 0.0137. The number of hydrogen-bond acceptors (Lipinski definition) is 10. The Morgan fingerprint density at radius 3 is 1.73 bits per heavy atom. The fourth-order valence-electron chi connectivity index (χ4n) is 3.28. The molecule has 0 spiro atoms. The number of aliphatic imine (C=N–C) groups is 1. The van der Waals surface area contributed by atoms with E-state index in [1.54, 1.807) is 36.4 Å². The zero-order valence-corrected chi connectivity index (χ0v) is 29.0. The number of anilines is 1.